The fourth-order valence-corrected chi connectivity index (χ4v) is 5.17. The average Bonchev–Trinajstić information content (AvgIpc) is 2.94. The van der Waals surface area contributed by atoms with Crippen LogP contribution in [0.4, 0.5) is 0 Å². The lowest BCUT2D eigenvalue weighted by Crippen LogP contribution is -2.50. The summed E-state index contributed by atoms with van der Waals surface area (Å²) in [4.78, 5) is 53.6. The van der Waals surface area contributed by atoms with Gasteiger partial charge in [-0.25, -0.2) is 0 Å². The van der Waals surface area contributed by atoms with Crippen LogP contribution in [-0.4, -0.2) is 142 Å². The van der Waals surface area contributed by atoms with Crippen LogP contribution in [0.15, 0.2) is 29.2 Å². The molecule has 0 spiro atoms. The van der Waals surface area contributed by atoms with Gasteiger partial charge in [0.05, 0.1) is 26.2 Å². The van der Waals surface area contributed by atoms with E-state index in [0.717, 1.165) is 35.1 Å². The maximum Gasteiger partial charge on any atom is 0.317 e. The molecule has 1 fully saturated rings. The zero-order chi connectivity index (χ0) is 29.5. The molecule has 2 rings (SSSR count). The van der Waals surface area contributed by atoms with Crippen molar-refractivity contribution in [2.45, 2.75) is 30.2 Å². The van der Waals surface area contributed by atoms with E-state index in [-0.39, 0.29) is 25.7 Å². The Morgan fingerprint density at radius 1 is 0.825 bits per heavy atom. The molecule has 1 atom stereocenters. The molecule has 4 N–H and O–H groups in total. The minimum Gasteiger partial charge on any atom is -0.480 e. The summed E-state index contributed by atoms with van der Waals surface area (Å²) in [7, 11) is 0. The summed E-state index contributed by atoms with van der Waals surface area (Å²) in [5.41, 5.74) is 1.07. The molecule has 0 saturated carbocycles. The van der Waals surface area contributed by atoms with Gasteiger partial charge < -0.3 is 20.4 Å². The summed E-state index contributed by atoms with van der Waals surface area (Å²) in [6.45, 7) is 1.46. The largest absolute Gasteiger partial charge is 0.480 e. The van der Waals surface area contributed by atoms with Crippen molar-refractivity contribution in [3.63, 3.8) is 0 Å². The first kappa shape index (κ1) is 33.0. The van der Waals surface area contributed by atoms with Gasteiger partial charge in [-0.15, -0.1) is 0 Å². The van der Waals surface area contributed by atoms with E-state index in [4.69, 9.17) is 5.26 Å². The fraction of sp³-hybridized carbons (Fsp3) is 0.577. The van der Waals surface area contributed by atoms with E-state index in [2.05, 4.69) is 4.90 Å². The smallest absolute Gasteiger partial charge is 0.317 e. The quantitative estimate of drug-likeness (QED) is 0.157. The number of hydrogen-bond acceptors (Lipinski definition) is 10. The highest BCUT2D eigenvalue weighted by Crippen LogP contribution is 2.19. The highest BCUT2D eigenvalue weighted by Gasteiger charge is 2.27. The number of carboxylic acid groups (broad SMARTS) is 4. The van der Waals surface area contributed by atoms with E-state index < -0.39 is 37.0 Å². The van der Waals surface area contributed by atoms with Crippen molar-refractivity contribution in [2.24, 2.45) is 0 Å². The van der Waals surface area contributed by atoms with Crippen LogP contribution < -0.4 is 0 Å². The fourth-order valence-electron chi connectivity index (χ4n) is 4.80. The number of benzene rings is 1. The van der Waals surface area contributed by atoms with Crippen LogP contribution in [-0.2, 0) is 25.6 Å². The van der Waals surface area contributed by atoms with Gasteiger partial charge in [-0.3, -0.25) is 38.8 Å². The summed E-state index contributed by atoms with van der Waals surface area (Å²) in [6, 6.07) is 7.40. The molecule has 0 radical (unpaired) electrons. The SMILES string of the molecule is N#CSc1ccc(CCCC(CN(CC(=O)O)CC(=O)O)N2CCN(CC(=O)O)CCN(CC(=O)O)CC2)cc1. The standard InChI is InChI=1S/C26H37N5O8S/c27-19-40-22-6-4-20(5-7-22)2-1-3-21(14-30(17-25(36)37)18-26(38)39)31-12-10-28(15-23(32)33)8-9-29(11-13-31)16-24(34)35/h4-7,21H,1-3,8-18H2,(H,32,33)(H,34,35)(H,36,37)(H,38,39). The zero-order valence-corrected chi connectivity index (χ0v) is 23.2. The van der Waals surface area contributed by atoms with Crippen molar-refractivity contribution in [1.82, 2.24) is 19.6 Å². The van der Waals surface area contributed by atoms with Crippen molar-refractivity contribution < 1.29 is 39.6 Å². The van der Waals surface area contributed by atoms with E-state index in [1.807, 2.05) is 29.7 Å². The van der Waals surface area contributed by atoms with Gasteiger partial charge in [0.15, 0.2) is 0 Å². The Balaban J connectivity index is 2.24. The van der Waals surface area contributed by atoms with E-state index in [0.29, 0.717) is 45.7 Å². The Kier molecular flexibility index (Phi) is 14.4. The molecule has 1 saturated heterocycles. The minimum absolute atomic E-state index is 0.175. The summed E-state index contributed by atoms with van der Waals surface area (Å²) in [5, 5.41) is 48.3. The Morgan fingerprint density at radius 2 is 1.32 bits per heavy atom. The third kappa shape index (κ3) is 13.2. The van der Waals surface area contributed by atoms with Crippen LogP contribution in [0, 0.1) is 10.7 Å². The van der Waals surface area contributed by atoms with Crippen molar-refractivity contribution in [1.29, 1.82) is 5.26 Å². The number of nitrogens with zero attached hydrogens (tertiary/aromatic N) is 5. The normalized spacial score (nSPS) is 16.4. The molecule has 14 heteroatoms. The van der Waals surface area contributed by atoms with E-state index in [1.54, 1.807) is 9.80 Å². The number of rotatable bonds is 16. The predicted octanol–water partition coefficient (Wildman–Crippen LogP) is 0.511. The van der Waals surface area contributed by atoms with Gasteiger partial charge in [0.1, 0.15) is 5.40 Å². The lowest BCUT2D eigenvalue weighted by Gasteiger charge is -2.36. The lowest BCUT2D eigenvalue weighted by atomic mass is 10.0. The molecule has 13 nitrogen and oxygen atoms in total. The second-order valence-corrected chi connectivity index (χ2v) is 10.6. The second kappa shape index (κ2) is 17.5. The highest BCUT2D eigenvalue weighted by atomic mass is 32.2. The van der Waals surface area contributed by atoms with Gasteiger partial charge in [0.25, 0.3) is 0 Å². The number of nitriles is 1. The number of thioether (sulfide) groups is 1. The molecular formula is C26H37N5O8S. The molecule has 0 aliphatic carbocycles. The van der Waals surface area contributed by atoms with Crippen LogP contribution in [0.1, 0.15) is 18.4 Å². The molecule has 1 aliphatic rings. The Labute approximate surface area is 237 Å². The van der Waals surface area contributed by atoms with E-state index >= 15 is 0 Å². The van der Waals surface area contributed by atoms with Crippen molar-refractivity contribution >= 4 is 35.6 Å². The molecule has 40 heavy (non-hydrogen) atoms. The first-order chi connectivity index (χ1) is 19.0. The molecule has 0 bridgehead atoms. The average molecular weight is 580 g/mol. The van der Waals surface area contributed by atoms with Crippen LogP contribution >= 0.6 is 11.8 Å². The molecule has 1 heterocycles. The Hall–Kier alpha value is -3.22. The monoisotopic (exact) mass is 579 g/mol. The lowest BCUT2D eigenvalue weighted by molar-refractivity contribution is -0.142. The van der Waals surface area contributed by atoms with Crippen LogP contribution in [0.5, 0.6) is 0 Å². The van der Waals surface area contributed by atoms with Crippen LogP contribution in [0.3, 0.4) is 0 Å². The van der Waals surface area contributed by atoms with Crippen LogP contribution in [0.2, 0.25) is 0 Å². The number of carboxylic acids is 4. The summed E-state index contributed by atoms with van der Waals surface area (Å²) < 4.78 is 0. The van der Waals surface area contributed by atoms with Gasteiger partial charge >= 0.3 is 23.9 Å². The van der Waals surface area contributed by atoms with Gasteiger partial charge in [-0.2, -0.15) is 5.26 Å². The van der Waals surface area contributed by atoms with E-state index in [1.165, 1.54) is 4.90 Å². The van der Waals surface area contributed by atoms with Gasteiger partial charge in [0.2, 0.25) is 0 Å². The first-order valence-electron chi connectivity index (χ1n) is 13.0. The van der Waals surface area contributed by atoms with Crippen LogP contribution in [0.25, 0.3) is 0 Å². The Morgan fingerprint density at radius 3 is 1.77 bits per heavy atom. The zero-order valence-electron chi connectivity index (χ0n) is 22.4. The van der Waals surface area contributed by atoms with Gasteiger partial charge in [-0.1, -0.05) is 12.1 Å². The summed E-state index contributed by atoms with van der Waals surface area (Å²) >= 11 is 1.08. The summed E-state index contributed by atoms with van der Waals surface area (Å²) in [6.07, 6.45) is 2.05. The number of thiocyanates is 1. The first-order valence-corrected chi connectivity index (χ1v) is 13.8. The maximum absolute atomic E-state index is 11.5. The third-order valence-corrected chi connectivity index (χ3v) is 7.25. The molecule has 0 aromatic heterocycles. The van der Waals surface area contributed by atoms with Gasteiger partial charge in [-0.05, 0) is 48.7 Å². The maximum atomic E-state index is 11.5. The molecule has 0 amide bonds. The molecule has 1 aromatic rings. The van der Waals surface area contributed by atoms with Crippen molar-refractivity contribution in [3.05, 3.63) is 29.8 Å². The van der Waals surface area contributed by atoms with Gasteiger partial charge in [0, 0.05) is 56.8 Å². The van der Waals surface area contributed by atoms with Crippen molar-refractivity contribution in [3.8, 4) is 5.40 Å². The summed E-state index contributed by atoms with van der Waals surface area (Å²) in [5.74, 6) is -4.25. The molecule has 1 unspecified atom stereocenters. The molecule has 1 aliphatic heterocycles. The third-order valence-electron chi connectivity index (χ3n) is 6.65. The minimum atomic E-state index is -1.14. The Bertz CT molecular complexity index is 991. The number of aliphatic carboxylic acids is 4. The topological polar surface area (TPSA) is 186 Å². The number of hydrogen-bond donors (Lipinski definition) is 4. The highest BCUT2D eigenvalue weighted by molar-refractivity contribution is 8.03. The van der Waals surface area contributed by atoms with E-state index in [9.17, 15) is 39.6 Å². The molecular weight excluding hydrogens is 542 g/mol. The predicted molar refractivity (Wildman–Crippen MR) is 146 cm³/mol. The number of aryl methyl sites for hydroxylation is 1. The second-order valence-electron chi connectivity index (χ2n) is 9.72. The van der Waals surface area contributed by atoms with Crippen molar-refractivity contribution in [2.75, 3.05) is 72.0 Å². The molecule has 1 aromatic carbocycles. The number of carbonyl (C=O) groups is 4. The molecule has 220 valence electrons.